The molecule has 0 heterocycles. The highest BCUT2D eigenvalue weighted by Gasteiger charge is 2.18. The van der Waals surface area contributed by atoms with Crippen molar-refractivity contribution in [2.75, 3.05) is 13.2 Å². The van der Waals surface area contributed by atoms with Crippen LogP contribution in [-0.2, 0) is 20.7 Å². The third kappa shape index (κ3) is 6.44. The van der Waals surface area contributed by atoms with Crippen LogP contribution in [0.5, 0.6) is 5.75 Å². The molecule has 0 aliphatic rings. The molecule has 1 atom stereocenters. The zero-order valence-corrected chi connectivity index (χ0v) is 16.4. The number of benzene rings is 2. The quantitative estimate of drug-likeness (QED) is 0.725. The summed E-state index contributed by atoms with van der Waals surface area (Å²) in [6.07, 6.45) is -0.139. The Balaban J connectivity index is 1.75. The van der Waals surface area contributed by atoms with Crippen LogP contribution in [-0.4, -0.2) is 31.1 Å². The summed E-state index contributed by atoms with van der Waals surface area (Å²) in [5.41, 5.74) is 4.21. The predicted octanol–water partition coefficient (Wildman–Crippen LogP) is 3.28. The summed E-state index contributed by atoms with van der Waals surface area (Å²) < 4.78 is 10.8. The molecule has 0 saturated heterocycles. The van der Waals surface area contributed by atoms with Crippen LogP contribution in [0.2, 0.25) is 0 Å². The van der Waals surface area contributed by atoms with Crippen molar-refractivity contribution in [2.24, 2.45) is 0 Å². The average Bonchev–Trinajstić information content (AvgIpc) is 2.61. The Labute approximate surface area is 160 Å². The molecule has 0 unspecified atom stereocenters. The zero-order valence-electron chi connectivity index (χ0n) is 16.4. The van der Waals surface area contributed by atoms with E-state index in [-0.39, 0.29) is 12.5 Å². The van der Waals surface area contributed by atoms with Gasteiger partial charge in [-0.2, -0.15) is 0 Å². The van der Waals surface area contributed by atoms with E-state index in [0.717, 1.165) is 28.7 Å². The summed E-state index contributed by atoms with van der Waals surface area (Å²) in [5.74, 6) is -0.209. The first-order valence-electron chi connectivity index (χ1n) is 9.08. The van der Waals surface area contributed by atoms with Crippen LogP contribution in [0.4, 0.5) is 0 Å². The number of esters is 1. The van der Waals surface area contributed by atoms with E-state index in [9.17, 15) is 9.59 Å². The van der Waals surface area contributed by atoms with Crippen LogP contribution in [0.15, 0.2) is 42.5 Å². The summed E-state index contributed by atoms with van der Waals surface area (Å²) in [5, 5.41) is 2.78. The average molecular weight is 369 g/mol. The minimum absolute atomic E-state index is 0.230. The van der Waals surface area contributed by atoms with Gasteiger partial charge in [0.05, 0.1) is 0 Å². The second-order valence-electron chi connectivity index (χ2n) is 6.68. The molecule has 2 aromatic carbocycles. The number of aryl methyl sites for hydroxylation is 3. The first-order valence-corrected chi connectivity index (χ1v) is 9.08. The first-order chi connectivity index (χ1) is 12.9. The monoisotopic (exact) mass is 369 g/mol. The molecule has 2 aromatic rings. The van der Waals surface area contributed by atoms with E-state index in [1.165, 1.54) is 0 Å². The van der Waals surface area contributed by atoms with Crippen molar-refractivity contribution in [3.8, 4) is 5.75 Å². The van der Waals surface area contributed by atoms with Crippen molar-refractivity contribution in [1.29, 1.82) is 0 Å². The Bertz CT molecular complexity index is 763. The van der Waals surface area contributed by atoms with Gasteiger partial charge in [-0.15, -0.1) is 0 Å². The number of hydrogen-bond donors (Lipinski definition) is 1. The number of amides is 1. The molecular formula is C22H27NO4. The van der Waals surface area contributed by atoms with Crippen molar-refractivity contribution in [1.82, 2.24) is 5.32 Å². The molecule has 2 rings (SSSR count). The molecule has 0 radical (unpaired) electrons. The van der Waals surface area contributed by atoms with Crippen LogP contribution >= 0.6 is 0 Å². The fourth-order valence-electron chi connectivity index (χ4n) is 2.93. The van der Waals surface area contributed by atoms with Gasteiger partial charge >= 0.3 is 5.97 Å². The summed E-state index contributed by atoms with van der Waals surface area (Å²) in [6, 6.07) is 13.9. The molecule has 1 N–H and O–H groups in total. The largest absolute Gasteiger partial charge is 0.481 e. The Morgan fingerprint density at radius 3 is 2.30 bits per heavy atom. The molecule has 27 heavy (non-hydrogen) atoms. The van der Waals surface area contributed by atoms with Gasteiger partial charge in [0.1, 0.15) is 5.75 Å². The third-order valence-corrected chi connectivity index (χ3v) is 4.17. The summed E-state index contributed by atoms with van der Waals surface area (Å²) >= 11 is 0. The minimum Gasteiger partial charge on any atom is -0.481 e. The van der Waals surface area contributed by atoms with E-state index in [2.05, 4.69) is 5.32 Å². The van der Waals surface area contributed by atoms with Gasteiger partial charge in [0.15, 0.2) is 12.7 Å². The van der Waals surface area contributed by atoms with Gasteiger partial charge in [-0.3, -0.25) is 4.79 Å². The molecular weight excluding hydrogens is 342 g/mol. The van der Waals surface area contributed by atoms with Gasteiger partial charge in [0.2, 0.25) is 0 Å². The maximum Gasteiger partial charge on any atom is 0.344 e. The topological polar surface area (TPSA) is 64.6 Å². The molecule has 0 aromatic heterocycles. The maximum absolute atomic E-state index is 12.1. The maximum atomic E-state index is 12.1. The minimum atomic E-state index is -0.864. The molecule has 0 fully saturated rings. The second kappa shape index (κ2) is 9.76. The van der Waals surface area contributed by atoms with Crippen molar-refractivity contribution in [3.05, 3.63) is 64.7 Å². The molecule has 0 spiro atoms. The predicted molar refractivity (Wildman–Crippen MR) is 105 cm³/mol. The van der Waals surface area contributed by atoms with Gasteiger partial charge in [-0.05, 0) is 50.8 Å². The van der Waals surface area contributed by atoms with Gasteiger partial charge in [-0.1, -0.05) is 48.0 Å². The van der Waals surface area contributed by atoms with E-state index >= 15 is 0 Å². The smallest absolute Gasteiger partial charge is 0.344 e. The standard InChI is InChI=1S/C22H27NO4/c1-15-12-16(2)21(17(3)13-15)26-14-20(24)27-18(4)22(25)23-11-10-19-8-6-5-7-9-19/h5-9,12-13,18H,10-11,14H2,1-4H3,(H,23,25)/t18-/m1/s1. The number of carbonyl (C=O) groups is 2. The van der Waals surface area contributed by atoms with Gasteiger partial charge in [-0.25, -0.2) is 4.79 Å². The Morgan fingerprint density at radius 2 is 1.67 bits per heavy atom. The lowest BCUT2D eigenvalue weighted by atomic mass is 10.1. The molecule has 1 amide bonds. The molecule has 0 aliphatic carbocycles. The number of ether oxygens (including phenoxy) is 2. The molecule has 0 bridgehead atoms. The first kappa shape index (κ1) is 20.5. The van der Waals surface area contributed by atoms with Crippen molar-refractivity contribution < 1.29 is 19.1 Å². The molecule has 5 heteroatoms. The lowest BCUT2D eigenvalue weighted by Crippen LogP contribution is -2.37. The third-order valence-electron chi connectivity index (χ3n) is 4.17. The Kier molecular flexibility index (Phi) is 7.41. The summed E-state index contributed by atoms with van der Waals surface area (Å²) in [6.45, 7) is 7.69. The van der Waals surface area contributed by atoms with E-state index in [1.807, 2.05) is 63.2 Å². The Hall–Kier alpha value is -2.82. The molecule has 144 valence electrons. The fourth-order valence-corrected chi connectivity index (χ4v) is 2.93. The zero-order chi connectivity index (χ0) is 19.8. The van der Waals surface area contributed by atoms with Crippen LogP contribution in [0.1, 0.15) is 29.2 Å². The van der Waals surface area contributed by atoms with E-state index in [4.69, 9.17) is 9.47 Å². The fraction of sp³-hybridized carbons (Fsp3) is 0.364. The summed E-state index contributed by atoms with van der Waals surface area (Å²) in [7, 11) is 0. The lowest BCUT2D eigenvalue weighted by molar-refractivity contribution is -0.156. The Morgan fingerprint density at radius 1 is 1.04 bits per heavy atom. The van der Waals surface area contributed by atoms with Crippen LogP contribution < -0.4 is 10.1 Å². The van der Waals surface area contributed by atoms with Gasteiger partial charge in [0.25, 0.3) is 5.91 Å². The lowest BCUT2D eigenvalue weighted by Gasteiger charge is -2.15. The highest BCUT2D eigenvalue weighted by atomic mass is 16.6. The van der Waals surface area contributed by atoms with Crippen LogP contribution in [0.3, 0.4) is 0 Å². The van der Waals surface area contributed by atoms with Crippen LogP contribution in [0, 0.1) is 20.8 Å². The number of carbonyl (C=O) groups excluding carboxylic acids is 2. The van der Waals surface area contributed by atoms with E-state index < -0.39 is 12.1 Å². The van der Waals surface area contributed by atoms with Crippen molar-refractivity contribution >= 4 is 11.9 Å². The number of rotatable bonds is 8. The van der Waals surface area contributed by atoms with E-state index in [0.29, 0.717) is 12.3 Å². The molecule has 5 nitrogen and oxygen atoms in total. The van der Waals surface area contributed by atoms with Crippen molar-refractivity contribution in [2.45, 2.75) is 40.2 Å². The summed E-state index contributed by atoms with van der Waals surface area (Å²) in [4.78, 5) is 24.0. The highest BCUT2D eigenvalue weighted by molar-refractivity contribution is 5.83. The SMILES string of the molecule is Cc1cc(C)c(OCC(=O)O[C@H](C)C(=O)NCCc2ccccc2)c(C)c1. The van der Waals surface area contributed by atoms with Gasteiger partial charge in [0, 0.05) is 6.54 Å². The second-order valence-corrected chi connectivity index (χ2v) is 6.68. The molecule has 0 saturated carbocycles. The number of nitrogens with one attached hydrogen (secondary N) is 1. The molecule has 0 aliphatic heterocycles. The van der Waals surface area contributed by atoms with Crippen LogP contribution in [0.25, 0.3) is 0 Å². The van der Waals surface area contributed by atoms with E-state index in [1.54, 1.807) is 6.92 Å². The van der Waals surface area contributed by atoms with Gasteiger partial charge < -0.3 is 14.8 Å². The highest BCUT2D eigenvalue weighted by Crippen LogP contribution is 2.24. The van der Waals surface area contributed by atoms with Crippen molar-refractivity contribution in [3.63, 3.8) is 0 Å². The number of hydrogen-bond acceptors (Lipinski definition) is 4. The normalized spacial score (nSPS) is 11.6.